The highest BCUT2D eigenvalue weighted by Crippen LogP contribution is 2.25. The van der Waals surface area contributed by atoms with Crippen molar-refractivity contribution in [1.29, 1.82) is 0 Å². The second-order valence-corrected chi connectivity index (χ2v) is 5.12. The van der Waals surface area contributed by atoms with Gasteiger partial charge in [-0.2, -0.15) is 0 Å². The lowest BCUT2D eigenvalue weighted by Crippen LogP contribution is -2.37. The molecule has 0 spiro atoms. The average Bonchev–Trinajstić information content (AvgIpc) is 2.40. The van der Waals surface area contributed by atoms with Gasteiger partial charge in [0.05, 0.1) is 11.8 Å². The summed E-state index contributed by atoms with van der Waals surface area (Å²) in [5, 5.41) is 0.691. The number of benzene rings is 1. The Morgan fingerprint density at radius 2 is 2.11 bits per heavy atom. The molecule has 2 rings (SSSR count). The molecule has 0 saturated carbocycles. The van der Waals surface area contributed by atoms with Crippen LogP contribution in [0.4, 0.5) is 10.1 Å². The highest BCUT2D eigenvalue weighted by atomic mass is 79.9. The van der Waals surface area contributed by atoms with Crippen molar-refractivity contribution in [2.24, 2.45) is 0 Å². The number of anilines is 1. The Bertz CT molecular complexity index is 391. The maximum absolute atomic E-state index is 14.0. The van der Waals surface area contributed by atoms with Crippen LogP contribution in [0.2, 0.25) is 0 Å². The standard InChI is InChI=1S/C14H19BrFNO/c1-2-18-12-5-7-17(8-6-12)14-4-3-11(10-15)9-13(14)16/h3-4,9,12H,2,5-8,10H2,1H3. The molecule has 4 heteroatoms. The number of nitrogens with zero attached hydrogens (tertiary/aromatic N) is 1. The van der Waals surface area contributed by atoms with Crippen LogP contribution in [0.1, 0.15) is 25.3 Å². The van der Waals surface area contributed by atoms with E-state index in [4.69, 9.17) is 4.74 Å². The first kappa shape index (κ1) is 13.8. The summed E-state index contributed by atoms with van der Waals surface area (Å²) in [6.07, 6.45) is 2.30. The minimum absolute atomic E-state index is 0.123. The molecule has 1 fully saturated rings. The molecule has 2 nitrogen and oxygen atoms in total. The summed E-state index contributed by atoms with van der Waals surface area (Å²) in [7, 11) is 0. The van der Waals surface area contributed by atoms with E-state index in [2.05, 4.69) is 20.8 Å². The zero-order valence-electron chi connectivity index (χ0n) is 10.7. The number of rotatable bonds is 4. The number of hydrogen-bond donors (Lipinski definition) is 0. The molecule has 1 aliphatic rings. The first-order valence-corrected chi connectivity index (χ1v) is 7.57. The van der Waals surface area contributed by atoms with Gasteiger partial charge in [-0.25, -0.2) is 4.39 Å². The Hall–Kier alpha value is -0.610. The van der Waals surface area contributed by atoms with Crippen molar-refractivity contribution in [1.82, 2.24) is 0 Å². The molecule has 0 N–H and O–H groups in total. The minimum atomic E-state index is -0.123. The van der Waals surface area contributed by atoms with E-state index >= 15 is 0 Å². The predicted octanol–water partition coefficient (Wildman–Crippen LogP) is 3.73. The van der Waals surface area contributed by atoms with E-state index in [9.17, 15) is 4.39 Å². The van der Waals surface area contributed by atoms with Crippen molar-refractivity contribution in [3.63, 3.8) is 0 Å². The van der Waals surface area contributed by atoms with Gasteiger partial charge in [0.15, 0.2) is 0 Å². The number of halogens is 2. The van der Waals surface area contributed by atoms with E-state index in [0.29, 0.717) is 11.4 Å². The molecule has 1 aromatic rings. The van der Waals surface area contributed by atoms with E-state index in [1.807, 2.05) is 19.1 Å². The first-order chi connectivity index (χ1) is 8.74. The molecule has 0 atom stereocenters. The fourth-order valence-electron chi connectivity index (χ4n) is 2.39. The molecular weight excluding hydrogens is 297 g/mol. The van der Waals surface area contributed by atoms with E-state index in [1.54, 1.807) is 6.07 Å². The molecular formula is C14H19BrFNO. The molecule has 0 bridgehead atoms. The highest BCUT2D eigenvalue weighted by Gasteiger charge is 2.21. The van der Waals surface area contributed by atoms with Crippen molar-refractivity contribution in [2.45, 2.75) is 31.2 Å². The van der Waals surface area contributed by atoms with Gasteiger partial charge < -0.3 is 9.64 Å². The molecule has 100 valence electrons. The third kappa shape index (κ3) is 3.23. The fourth-order valence-corrected chi connectivity index (χ4v) is 2.74. The molecule has 0 radical (unpaired) electrons. The smallest absolute Gasteiger partial charge is 0.146 e. The third-order valence-electron chi connectivity index (χ3n) is 3.35. The minimum Gasteiger partial charge on any atom is -0.378 e. The zero-order chi connectivity index (χ0) is 13.0. The Labute approximate surface area is 116 Å². The molecule has 0 amide bonds. The van der Waals surface area contributed by atoms with E-state index < -0.39 is 0 Å². The van der Waals surface area contributed by atoms with Gasteiger partial charge in [0.1, 0.15) is 5.82 Å². The SMILES string of the molecule is CCOC1CCN(c2ccc(CBr)cc2F)CC1. The van der Waals surface area contributed by atoms with Crippen LogP contribution in [-0.2, 0) is 10.1 Å². The van der Waals surface area contributed by atoms with Gasteiger partial charge >= 0.3 is 0 Å². The molecule has 0 aliphatic carbocycles. The Morgan fingerprint density at radius 1 is 1.39 bits per heavy atom. The van der Waals surface area contributed by atoms with Crippen LogP contribution < -0.4 is 4.90 Å². The summed E-state index contributed by atoms with van der Waals surface area (Å²) >= 11 is 3.34. The van der Waals surface area contributed by atoms with Crippen molar-refractivity contribution in [2.75, 3.05) is 24.6 Å². The summed E-state index contributed by atoms with van der Waals surface area (Å²) in [5.41, 5.74) is 1.69. The Morgan fingerprint density at radius 3 is 2.67 bits per heavy atom. The lowest BCUT2D eigenvalue weighted by molar-refractivity contribution is 0.0458. The predicted molar refractivity (Wildman–Crippen MR) is 75.9 cm³/mol. The highest BCUT2D eigenvalue weighted by molar-refractivity contribution is 9.08. The van der Waals surface area contributed by atoms with Crippen molar-refractivity contribution >= 4 is 21.6 Å². The molecule has 1 aromatic carbocycles. The number of piperidine rings is 1. The van der Waals surface area contributed by atoms with Crippen molar-refractivity contribution in [3.8, 4) is 0 Å². The van der Waals surface area contributed by atoms with Gasteiger partial charge in [-0.05, 0) is 37.5 Å². The van der Waals surface area contributed by atoms with Crippen LogP contribution in [0.25, 0.3) is 0 Å². The summed E-state index contributed by atoms with van der Waals surface area (Å²) in [6.45, 7) is 4.52. The lowest BCUT2D eigenvalue weighted by atomic mass is 10.1. The second kappa shape index (κ2) is 6.53. The van der Waals surface area contributed by atoms with Gasteiger partial charge in [0, 0.05) is 25.0 Å². The largest absolute Gasteiger partial charge is 0.378 e. The lowest BCUT2D eigenvalue weighted by Gasteiger charge is -2.33. The van der Waals surface area contributed by atoms with Crippen LogP contribution in [0.3, 0.4) is 0 Å². The average molecular weight is 316 g/mol. The monoisotopic (exact) mass is 315 g/mol. The van der Waals surface area contributed by atoms with Crippen molar-refractivity contribution in [3.05, 3.63) is 29.6 Å². The van der Waals surface area contributed by atoms with Crippen LogP contribution >= 0.6 is 15.9 Å². The molecule has 1 saturated heterocycles. The molecule has 1 heterocycles. The van der Waals surface area contributed by atoms with Crippen LogP contribution in [-0.4, -0.2) is 25.8 Å². The van der Waals surface area contributed by atoms with Gasteiger partial charge in [-0.15, -0.1) is 0 Å². The normalized spacial score (nSPS) is 17.2. The summed E-state index contributed by atoms with van der Waals surface area (Å²) in [6, 6.07) is 5.47. The molecule has 0 aromatic heterocycles. The second-order valence-electron chi connectivity index (χ2n) is 4.56. The van der Waals surface area contributed by atoms with Crippen LogP contribution in [0, 0.1) is 5.82 Å². The van der Waals surface area contributed by atoms with Gasteiger partial charge in [0.25, 0.3) is 0 Å². The molecule has 18 heavy (non-hydrogen) atoms. The Kier molecular flexibility index (Phi) is 5.01. The summed E-state index contributed by atoms with van der Waals surface area (Å²) < 4.78 is 19.6. The number of hydrogen-bond acceptors (Lipinski definition) is 2. The summed E-state index contributed by atoms with van der Waals surface area (Å²) in [5.74, 6) is -0.123. The van der Waals surface area contributed by atoms with E-state index in [-0.39, 0.29) is 5.82 Å². The summed E-state index contributed by atoms with van der Waals surface area (Å²) in [4.78, 5) is 2.11. The van der Waals surface area contributed by atoms with E-state index in [0.717, 1.165) is 43.8 Å². The zero-order valence-corrected chi connectivity index (χ0v) is 12.2. The van der Waals surface area contributed by atoms with Crippen LogP contribution in [0.5, 0.6) is 0 Å². The van der Waals surface area contributed by atoms with Gasteiger partial charge in [-0.1, -0.05) is 22.0 Å². The van der Waals surface area contributed by atoms with E-state index in [1.165, 1.54) is 0 Å². The van der Waals surface area contributed by atoms with Crippen LogP contribution in [0.15, 0.2) is 18.2 Å². The van der Waals surface area contributed by atoms with Gasteiger partial charge in [-0.3, -0.25) is 0 Å². The maximum atomic E-state index is 14.0. The third-order valence-corrected chi connectivity index (χ3v) is 4.00. The molecule has 0 unspecified atom stereocenters. The first-order valence-electron chi connectivity index (χ1n) is 6.45. The maximum Gasteiger partial charge on any atom is 0.146 e. The Balaban J connectivity index is 2.01. The topological polar surface area (TPSA) is 12.5 Å². The number of ether oxygens (including phenoxy) is 1. The van der Waals surface area contributed by atoms with Gasteiger partial charge in [0.2, 0.25) is 0 Å². The number of alkyl halides is 1. The quantitative estimate of drug-likeness (QED) is 0.785. The molecule has 1 aliphatic heterocycles. The van der Waals surface area contributed by atoms with Crippen molar-refractivity contribution < 1.29 is 9.13 Å². The fraction of sp³-hybridized carbons (Fsp3) is 0.571.